The highest BCUT2D eigenvalue weighted by atomic mass is 16.5. The molecule has 0 spiro atoms. The molecular formula is C16H28N2O3. The molecule has 1 unspecified atom stereocenters. The lowest BCUT2D eigenvalue weighted by Crippen LogP contribution is -2.33. The van der Waals surface area contributed by atoms with E-state index in [1.807, 2.05) is 39.1 Å². The van der Waals surface area contributed by atoms with Crippen molar-refractivity contribution in [1.29, 1.82) is 0 Å². The van der Waals surface area contributed by atoms with Crippen molar-refractivity contribution < 1.29 is 14.2 Å². The fourth-order valence-corrected chi connectivity index (χ4v) is 2.18. The predicted molar refractivity (Wildman–Crippen MR) is 85.1 cm³/mol. The van der Waals surface area contributed by atoms with Gasteiger partial charge < -0.3 is 19.9 Å². The molecule has 0 amide bonds. The largest absolute Gasteiger partial charge is 0.497 e. The van der Waals surface area contributed by atoms with Crippen LogP contribution in [0.25, 0.3) is 0 Å². The number of benzene rings is 1. The van der Waals surface area contributed by atoms with E-state index in [0.29, 0.717) is 13.2 Å². The third-order valence-electron chi connectivity index (χ3n) is 3.41. The Bertz CT molecular complexity index is 402. The number of methoxy groups -OCH3 is 2. The first kappa shape index (κ1) is 17.8. The SMILES string of the molecule is COc1cc(OC)cc(C(CN)N(C)CCOC(C)C)c1. The molecular weight excluding hydrogens is 268 g/mol. The topological polar surface area (TPSA) is 57.0 Å². The number of nitrogens with zero attached hydrogens (tertiary/aromatic N) is 1. The van der Waals surface area contributed by atoms with E-state index < -0.39 is 0 Å². The third kappa shape index (κ3) is 5.53. The van der Waals surface area contributed by atoms with E-state index in [-0.39, 0.29) is 12.1 Å². The van der Waals surface area contributed by atoms with Crippen molar-refractivity contribution in [3.63, 3.8) is 0 Å². The van der Waals surface area contributed by atoms with Crippen molar-refractivity contribution in [2.75, 3.05) is 41.0 Å². The zero-order valence-corrected chi connectivity index (χ0v) is 13.8. The summed E-state index contributed by atoms with van der Waals surface area (Å²) in [4.78, 5) is 2.19. The van der Waals surface area contributed by atoms with Gasteiger partial charge in [-0.25, -0.2) is 0 Å². The van der Waals surface area contributed by atoms with E-state index in [0.717, 1.165) is 23.6 Å². The highest BCUT2D eigenvalue weighted by Crippen LogP contribution is 2.28. The molecule has 0 heterocycles. The quantitative estimate of drug-likeness (QED) is 0.756. The molecule has 0 aliphatic heterocycles. The number of hydrogen-bond donors (Lipinski definition) is 1. The summed E-state index contributed by atoms with van der Waals surface area (Å²) in [7, 11) is 5.35. The van der Waals surface area contributed by atoms with Crippen LogP contribution in [-0.2, 0) is 4.74 Å². The summed E-state index contributed by atoms with van der Waals surface area (Å²) in [6.45, 7) is 6.10. The molecule has 1 atom stereocenters. The molecule has 0 radical (unpaired) electrons. The van der Waals surface area contributed by atoms with Crippen molar-refractivity contribution in [1.82, 2.24) is 4.90 Å². The van der Waals surface area contributed by atoms with Crippen LogP contribution in [0.1, 0.15) is 25.5 Å². The lowest BCUT2D eigenvalue weighted by molar-refractivity contribution is 0.0564. The van der Waals surface area contributed by atoms with Crippen LogP contribution in [0.4, 0.5) is 0 Å². The highest BCUT2D eigenvalue weighted by Gasteiger charge is 2.17. The molecule has 0 aliphatic rings. The van der Waals surface area contributed by atoms with Gasteiger partial charge in [-0.15, -0.1) is 0 Å². The van der Waals surface area contributed by atoms with E-state index in [9.17, 15) is 0 Å². The monoisotopic (exact) mass is 296 g/mol. The fourth-order valence-electron chi connectivity index (χ4n) is 2.18. The smallest absolute Gasteiger partial charge is 0.122 e. The average molecular weight is 296 g/mol. The van der Waals surface area contributed by atoms with Crippen LogP contribution < -0.4 is 15.2 Å². The standard InChI is InChI=1S/C16H28N2O3/c1-12(2)21-7-6-18(3)16(11-17)13-8-14(19-4)10-15(9-13)20-5/h8-10,12,16H,6-7,11,17H2,1-5H3. The van der Waals surface area contributed by atoms with Crippen LogP contribution in [0.3, 0.4) is 0 Å². The predicted octanol–water partition coefficient (Wildman–Crippen LogP) is 2.06. The molecule has 1 aromatic carbocycles. The molecule has 0 saturated carbocycles. The van der Waals surface area contributed by atoms with Gasteiger partial charge in [-0.2, -0.15) is 0 Å². The number of hydrogen-bond acceptors (Lipinski definition) is 5. The molecule has 0 fully saturated rings. The van der Waals surface area contributed by atoms with Gasteiger partial charge >= 0.3 is 0 Å². The maximum atomic E-state index is 5.96. The summed E-state index contributed by atoms with van der Waals surface area (Å²) in [5, 5.41) is 0. The zero-order chi connectivity index (χ0) is 15.8. The number of nitrogens with two attached hydrogens (primary N) is 1. The molecule has 5 nitrogen and oxygen atoms in total. The Balaban J connectivity index is 2.82. The Morgan fingerprint density at radius 2 is 1.67 bits per heavy atom. The van der Waals surface area contributed by atoms with Crippen molar-refractivity contribution in [2.24, 2.45) is 5.73 Å². The Morgan fingerprint density at radius 3 is 2.10 bits per heavy atom. The molecule has 120 valence electrons. The maximum Gasteiger partial charge on any atom is 0.122 e. The van der Waals surface area contributed by atoms with Crippen molar-refractivity contribution in [2.45, 2.75) is 26.0 Å². The second kappa shape index (κ2) is 8.87. The fraction of sp³-hybridized carbons (Fsp3) is 0.625. The summed E-state index contributed by atoms with van der Waals surface area (Å²) in [6, 6.07) is 5.96. The van der Waals surface area contributed by atoms with E-state index >= 15 is 0 Å². The molecule has 1 rings (SSSR count). The van der Waals surface area contributed by atoms with Gasteiger partial charge in [0.15, 0.2) is 0 Å². The number of ether oxygens (including phenoxy) is 3. The van der Waals surface area contributed by atoms with Crippen LogP contribution >= 0.6 is 0 Å². The zero-order valence-electron chi connectivity index (χ0n) is 13.8. The number of rotatable bonds is 9. The number of likely N-dealkylation sites (N-methyl/N-ethyl adjacent to an activating group) is 1. The van der Waals surface area contributed by atoms with Gasteiger partial charge in [0.2, 0.25) is 0 Å². The van der Waals surface area contributed by atoms with Crippen LogP contribution in [-0.4, -0.2) is 52.0 Å². The normalized spacial score (nSPS) is 12.8. The van der Waals surface area contributed by atoms with Crippen molar-refractivity contribution in [3.05, 3.63) is 23.8 Å². The first-order valence-corrected chi connectivity index (χ1v) is 7.26. The molecule has 0 aromatic heterocycles. The minimum atomic E-state index is 0.102. The van der Waals surface area contributed by atoms with Gasteiger partial charge in [0, 0.05) is 25.2 Å². The summed E-state index contributed by atoms with van der Waals surface area (Å²) in [5.74, 6) is 1.55. The minimum absolute atomic E-state index is 0.102. The summed E-state index contributed by atoms with van der Waals surface area (Å²) < 4.78 is 16.2. The molecule has 1 aromatic rings. The van der Waals surface area contributed by atoms with Gasteiger partial charge in [-0.3, -0.25) is 4.90 Å². The second-order valence-electron chi connectivity index (χ2n) is 5.30. The Labute approximate surface area is 128 Å². The lowest BCUT2D eigenvalue weighted by Gasteiger charge is -2.28. The first-order valence-electron chi connectivity index (χ1n) is 7.26. The minimum Gasteiger partial charge on any atom is -0.497 e. The molecule has 0 saturated heterocycles. The van der Waals surface area contributed by atoms with Gasteiger partial charge in [0.05, 0.1) is 26.9 Å². The Kier molecular flexibility index (Phi) is 7.50. The summed E-state index contributed by atoms with van der Waals surface area (Å²) in [5.41, 5.74) is 7.04. The van der Waals surface area contributed by atoms with E-state index in [2.05, 4.69) is 4.90 Å². The average Bonchev–Trinajstić information content (AvgIpc) is 2.47. The van der Waals surface area contributed by atoms with Gasteiger partial charge in [0.1, 0.15) is 11.5 Å². The lowest BCUT2D eigenvalue weighted by atomic mass is 10.0. The van der Waals surface area contributed by atoms with Crippen LogP contribution in [0.15, 0.2) is 18.2 Å². The molecule has 5 heteroatoms. The molecule has 21 heavy (non-hydrogen) atoms. The van der Waals surface area contributed by atoms with Gasteiger partial charge in [-0.05, 0) is 38.6 Å². The maximum absolute atomic E-state index is 5.96. The summed E-state index contributed by atoms with van der Waals surface area (Å²) >= 11 is 0. The van der Waals surface area contributed by atoms with Gasteiger partial charge in [0.25, 0.3) is 0 Å². The molecule has 0 aliphatic carbocycles. The Morgan fingerprint density at radius 1 is 1.10 bits per heavy atom. The van der Waals surface area contributed by atoms with E-state index in [4.69, 9.17) is 19.9 Å². The van der Waals surface area contributed by atoms with Gasteiger partial charge in [-0.1, -0.05) is 0 Å². The second-order valence-corrected chi connectivity index (χ2v) is 5.30. The third-order valence-corrected chi connectivity index (χ3v) is 3.41. The summed E-state index contributed by atoms with van der Waals surface area (Å²) in [6.07, 6.45) is 0.242. The van der Waals surface area contributed by atoms with E-state index in [1.54, 1.807) is 14.2 Å². The van der Waals surface area contributed by atoms with Crippen LogP contribution in [0.5, 0.6) is 11.5 Å². The van der Waals surface area contributed by atoms with Crippen molar-refractivity contribution in [3.8, 4) is 11.5 Å². The first-order chi connectivity index (χ1) is 10.0. The van der Waals surface area contributed by atoms with Crippen LogP contribution in [0, 0.1) is 0 Å². The highest BCUT2D eigenvalue weighted by molar-refractivity contribution is 5.40. The van der Waals surface area contributed by atoms with Crippen LogP contribution in [0.2, 0.25) is 0 Å². The molecule has 2 N–H and O–H groups in total. The Hall–Kier alpha value is -1.30. The van der Waals surface area contributed by atoms with Crippen molar-refractivity contribution >= 4 is 0 Å². The molecule has 0 bridgehead atoms. The van der Waals surface area contributed by atoms with E-state index in [1.165, 1.54) is 0 Å².